The Morgan fingerprint density at radius 1 is 1.00 bits per heavy atom. The Morgan fingerprint density at radius 3 is 2.07 bits per heavy atom. The monoisotopic (exact) mass is 420 g/mol. The molecular formula is C21H28N2O5S. The number of rotatable bonds is 8. The van der Waals surface area contributed by atoms with Crippen LogP contribution >= 0.6 is 0 Å². The molecule has 0 aromatic heterocycles. The van der Waals surface area contributed by atoms with E-state index in [1.54, 1.807) is 51.9 Å². The van der Waals surface area contributed by atoms with E-state index in [-0.39, 0.29) is 10.6 Å². The van der Waals surface area contributed by atoms with E-state index in [1.807, 2.05) is 30.3 Å². The Kier molecular flexibility index (Phi) is 7.40. The molecule has 0 bridgehead atoms. The van der Waals surface area contributed by atoms with E-state index in [0.29, 0.717) is 11.5 Å². The van der Waals surface area contributed by atoms with Gasteiger partial charge in [-0.15, -0.1) is 0 Å². The van der Waals surface area contributed by atoms with Gasteiger partial charge in [-0.1, -0.05) is 18.2 Å². The molecule has 1 amide bonds. The predicted molar refractivity (Wildman–Crippen MR) is 111 cm³/mol. The van der Waals surface area contributed by atoms with Crippen LogP contribution in [-0.4, -0.2) is 50.7 Å². The largest absolute Gasteiger partial charge is 0.457 e. The third-order valence-electron chi connectivity index (χ3n) is 3.92. The van der Waals surface area contributed by atoms with Crippen LogP contribution < -0.4 is 10.2 Å². The summed E-state index contributed by atoms with van der Waals surface area (Å²) in [5.74, 6) is 0.289. The van der Waals surface area contributed by atoms with E-state index in [1.165, 1.54) is 12.1 Å². The molecule has 2 rings (SSSR count). The predicted octanol–water partition coefficient (Wildman–Crippen LogP) is 3.03. The van der Waals surface area contributed by atoms with E-state index in [0.717, 1.165) is 0 Å². The second kappa shape index (κ2) is 9.39. The van der Waals surface area contributed by atoms with Crippen molar-refractivity contribution in [1.82, 2.24) is 10.4 Å². The number of carbonyl (C=O) groups excluding carboxylic acids is 1. The van der Waals surface area contributed by atoms with Crippen molar-refractivity contribution in [2.45, 2.75) is 37.3 Å². The van der Waals surface area contributed by atoms with E-state index >= 15 is 0 Å². The van der Waals surface area contributed by atoms with Gasteiger partial charge in [-0.25, -0.2) is 13.9 Å². The van der Waals surface area contributed by atoms with Crippen LogP contribution in [0.3, 0.4) is 0 Å². The van der Waals surface area contributed by atoms with Gasteiger partial charge in [-0.2, -0.15) is 0 Å². The molecule has 29 heavy (non-hydrogen) atoms. The molecule has 1 atom stereocenters. The maximum absolute atomic E-state index is 12.8. The number of hydrogen-bond donors (Lipinski definition) is 1. The smallest absolute Gasteiger partial charge is 0.261 e. The first-order valence-electron chi connectivity index (χ1n) is 9.18. The molecule has 2 aromatic rings. The van der Waals surface area contributed by atoms with Gasteiger partial charge >= 0.3 is 0 Å². The average Bonchev–Trinajstić information content (AvgIpc) is 2.65. The molecule has 0 fully saturated rings. The van der Waals surface area contributed by atoms with Crippen LogP contribution in [0.5, 0.6) is 11.5 Å². The lowest BCUT2D eigenvalue weighted by molar-refractivity contribution is -0.149. The van der Waals surface area contributed by atoms with Crippen molar-refractivity contribution in [2.24, 2.45) is 0 Å². The first-order valence-corrected chi connectivity index (χ1v) is 10.8. The second-order valence-corrected chi connectivity index (χ2v) is 9.86. The van der Waals surface area contributed by atoms with Gasteiger partial charge < -0.3 is 4.74 Å². The fraction of sp³-hybridized carbons (Fsp3) is 0.381. The van der Waals surface area contributed by atoms with Crippen molar-refractivity contribution < 1.29 is 22.8 Å². The first-order chi connectivity index (χ1) is 13.5. The highest BCUT2D eigenvalue weighted by atomic mass is 32.2. The molecule has 1 unspecified atom stereocenters. The number of carbonyl (C=O) groups is 1. The highest BCUT2D eigenvalue weighted by molar-refractivity contribution is 7.91. The fourth-order valence-corrected chi connectivity index (χ4v) is 3.98. The Morgan fingerprint density at radius 2 is 1.55 bits per heavy atom. The summed E-state index contributed by atoms with van der Waals surface area (Å²) in [4.78, 5) is 19.4. The number of ether oxygens (including phenoxy) is 1. The molecule has 0 heterocycles. The van der Waals surface area contributed by atoms with Crippen molar-refractivity contribution in [2.75, 3.05) is 19.8 Å². The van der Waals surface area contributed by atoms with Gasteiger partial charge in [-0.3, -0.25) is 14.5 Å². The first kappa shape index (κ1) is 22.9. The van der Waals surface area contributed by atoms with Crippen molar-refractivity contribution in [1.29, 1.82) is 0 Å². The van der Waals surface area contributed by atoms with Gasteiger partial charge in [0.25, 0.3) is 5.91 Å². The minimum Gasteiger partial charge on any atom is -0.457 e. The summed E-state index contributed by atoms with van der Waals surface area (Å²) in [6, 6.07) is 14.4. The summed E-state index contributed by atoms with van der Waals surface area (Å²) < 4.78 is 31.4. The zero-order valence-corrected chi connectivity index (χ0v) is 18.2. The van der Waals surface area contributed by atoms with Gasteiger partial charge in [0.1, 0.15) is 17.5 Å². The Bertz CT molecular complexity index is 904. The molecular weight excluding hydrogens is 392 g/mol. The molecule has 0 spiro atoms. The molecule has 7 nitrogen and oxygen atoms in total. The molecule has 0 aliphatic heterocycles. The van der Waals surface area contributed by atoms with Gasteiger partial charge in [0.15, 0.2) is 9.84 Å². The number of sulfone groups is 1. The Hall–Kier alpha value is -2.42. The number of nitrogens with zero attached hydrogens (tertiary/aromatic N) is 1. The van der Waals surface area contributed by atoms with Gasteiger partial charge in [0.2, 0.25) is 0 Å². The van der Waals surface area contributed by atoms with Crippen LogP contribution in [0.4, 0.5) is 0 Å². The maximum Gasteiger partial charge on any atom is 0.261 e. The summed E-state index contributed by atoms with van der Waals surface area (Å²) >= 11 is 0. The third-order valence-corrected chi connectivity index (χ3v) is 5.67. The van der Waals surface area contributed by atoms with Gasteiger partial charge in [-0.05, 0) is 71.3 Å². The van der Waals surface area contributed by atoms with Crippen LogP contribution in [0.25, 0.3) is 0 Å². The number of likely N-dealkylation sites (N-methyl/N-ethyl adjacent to an activating group) is 1. The quantitative estimate of drug-likeness (QED) is 0.661. The molecule has 8 heteroatoms. The number of hydroxylamine groups is 1. The zero-order chi connectivity index (χ0) is 21.7. The summed E-state index contributed by atoms with van der Waals surface area (Å²) in [5, 5.41) is 0. The number of hydrogen-bond acceptors (Lipinski definition) is 6. The summed E-state index contributed by atoms with van der Waals surface area (Å²) in [6.07, 6.45) is 0. The topological polar surface area (TPSA) is 84.9 Å². The van der Waals surface area contributed by atoms with Crippen LogP contribution in [0, 0.1) is 0 Å². The molecule has 2 aromatic carbocycles. The molecule has 0 aliphatic rings. The molecule has 0 aliphatic carbocycles. The number of benzene rings is 2. The maximum atomic E-state index is 12.8. The zero-order valence-electron chi connectivity index (χ0n) is 17.4. The SMILES string of the molecule is CN(C)C(CS(=O)(=O)c1ccc(Oc2ccccc2)cc1)C(=O)NOC(C)(C)C. The van der Waals surface area contributed by atoms with Crippen molar-refractivity contribution in [3.05, 3.63) is 54.6 Å². The molecule has 0 radical (unpaired) electrons. The van der Waals surface area contributed by atoms with Crippen molar-refractivity contribution >= 4 is 15.7 Å². The van der Waals surface area contributed by atoms with E-state index in [2.05, 4.69) is 5.48 Å². The highest BCUT2D eigenvalue weighted by Crippen LogP contribution is 2.23. The molecule has 0 saturated heterocycles. The molecule has 1 N–H and O–H groups in total. The van der Waals surface area contributed by atoms with Crippen LogP contribution in [0.15, 0.2) is 59.5 Å². The normalized spacial score (nSPS) is 13.2. The van der Waals surface area contributed by atoms with Gasteiger partial charge in [0.05, 0.1) is 16.2 Å². The minimum absolute atomic E-state index is 0.120. The third kappa shape index (κ3) is 7.16. The van der Waals surface area contributed by atoms with Crippen molar-refractivity contribution in [3.63, 3.8) is 0 Å². The fourth-order valence-electron chi connectivity index (χ4n) is 2.37. The lowest BCUT2D eigenvalue weighted by Crippen LogP contribution is -2.49. The van der Waals surface area contributed by atoms with E-state index in [4.69, 9.17) is 9.57 Å². The summed E-state index contributed by atoms with van der Waals surface area (Å²) in [7, 11) is -0.414. The standard InChI is InChI=1S/C21H28N2O5S/c1-21(2,3)28-22-20(24)19(23(4)5)15-29(25,26)18-13-11-17(12-14-18)27-16-9-7-6-8-10-16/h6-14,19H,15H2,1-5H3,(H,22,24). The minimum atomic E-state index is -3.71. The van der Waals surface area contributed by atoms with E-state index < -0.39 is 27.4 Å². The van der Waals surface area contributed by atoms with Crippen LogP contribution in [-0.2, 0) is 19.5 Å². The number of amides is 1. The number of nitrogens with one attached hydrogen (secondary N) is 1. The molecule has 0 saturated carbocycles. The lowest BCUT2D eigenvalue weighted by Gasteiger charge is -2.25. The summed E-state index contributed by atoms with van der Waals surface area (Å²) in [5.41, 5.74) is 1.77. The molecule has 158 valence electrons. The highest BCUT2D eigenvalue weighted by Gasteiger charge is 2.29. The van der Waals surface area contributed by atoms with Gasteiger partial charge in [0, 0.05) is 0 Å². The van der Waals surface area contributed by atoms with Crippen LogP contribution in [0.2, 0.25) is 0 Å². The second-order valence-electron chi connectivity index (χ2n) is 7.83. The summed E-state index contributed by atoms with van der Waals surface area (Å²) in [6.45, 7) is 5.36. The lowest BCUT2D eigenvalue weighted by atomic mass is 10.2. The Labute approximate surface area is 172 Å². The number of para-hydroxylation sites is 1. The van der Waals surface area contributed by atoms with E-state index in [9.17, 15) is 13.2 Å². The van der Waals surface area contributed by atoms with Crippen LogP contribution in [0.1, 0.15) is 20.8 Å². The Balaban J connectivity index is 2.10. The average molecular weight is 421 g/mol. The van der Waals surface area contributed by atoms with Crippen molar-refractivity contribution in [3.8, 4) is 11.5 Å².